The van der Waals surface area contributed by atoms with Crippen LogP contribution in [-0.2, 0) is 12.3 Å². The first-order valence-electron chi connectivity index (χ1n) is 7.03. The summed E-state index contributed by atoms with van der Waals surface area (Å²) in [5.74, 6) is -0.883. The summed E-state index contributed by atoms with van der Waals surface area (Å²) in [7, 11) is 1.53. The van der Waals surface area contributed by atoms with Gasteiger partial charge in [0.15, 0.2) is 0 Å². The molecule has 2 aromatic rings. The highest BCUT2D eigenvalue weighted by molar-refractivity contribution is 7.98. The summed E-state index contributed by atoms with van der Waals surface area (Å²) >= 11 is 0.520. The summed E-state index contributed by atoms with van der Waals surface area (Å²) < 4.78 is 48.4. The van der Waals surface area contributed by atoms with Gasteiger partial charge in [0.2, 0.25) is 0 Å². The molecule has 0 saturated heterocycles. The molecule has 1 N–H and O–H groups in total. The van der Waals surface area contributed by atoms with Crippen LogP contribution in [0.2, 0.25) is 0 Å². The summed E-state index contributed by atoms with van der Waals surface area (Å²) in [6.07, 6.45) is 0. The lowest BCUT2D eigenvalue weighted by atomic mass is 10.1. The molecule has 1 heterocycles. The second-order valence-electron chi connectivity index (χ2n) is 4.93. The van der Waals surface area contributed by atoms with Crippen molar-refractivity contribution in [3.05, 3.63) is 53.2 Å². The number of furan rings is 1. The number of benzene rings is 1. The summed E-state index contributed by atoms with van der Waals surface area (Å²) in [5.41, 5.74) is 0.701. The van der Waals surface area contributed by atoms with Gasteiger partial charge in [-0.15, -0.1) is 0 Å². The number of halogens is 3. The van der Waals surface area contributed by atoms with Gasteiger partial charge in [-0.25, -0.2) is 4.39 Å². The molecule has 0 aliphatic carbocycles. The van der Waals surface area contributed by atoms with Gasteiger partial charge in [-0.05, 0) is 37.3 Å². The predicted molar refractivity (Wildman–Crippen MR) is 84.2 cm³/mol. The average Bonchev–Trinajstić information content (AvgIpc) is 2.98. The van der Waals surface area contributed by atoms with E-state index in [0.29, 0.717) is 41.1 Å². The average molecular weight is 345 g/mol. The Kier molecular flexibility index (Phi) is 6.41. The van der Waals surface area contributed by atoms with E-state index in [2.05, 4.69) is 5.32 Å². The minimum absolute atomic E-state index is 0.130. The third-order valence-corrected chi connectivity index (χ3v) is 4.01. The van der Waals surface area contributed by atoms with Gasteiger partial charge in [0.1, 0.15) is 23.1 Å². The van der Waals surface area contributed by atoms with Gasteiger partial charge >= 0.3 is 0 Å². The molecule has 1 unspecified atom stereocenters. The van der Waals surface area contributed by atoms with Crippen molar-refractivity contribution in [2.75, 3.05) is 7.11 Å². The van der Waals surface area contributed by atoms with E-state index in [9.17, 15) is 13.2 Å². The first-order valence-corrected chi connectivity index (χ1v) is 8.08. The van der Waals surface area contributed by atoms with Crippen LogP contribution in [0.4, 0.5) is 13.2 Å². The van der Waals surface area contributed by atoms with Gasteiger partial charge in [0, 0.05) is 11.6 Å². The van der Waals surface area contributed by atoms with Gasteiger partial charge in [-0.2, -0.15) is 8.78 Å². The molecular formula is C16H18F3NO2S. The Hall–Kier alpha value is -1.60. The van der Waals surface area contributed by atoms with E-state index in [0.717, 1.165) is 0 Å². The van der Waals surface area contributed by atoms with Crippen LogP contribution in [0.5, 0.6) is 5.75 Å². The van der Waals surface area contributed by atoms with Gasteiger partial charge in [-0.1, -0.05) is 11.8 Å². The van der Waals surface area contributed by atoms with Crippen molar-refractivity contribution in [3.63, 3.8) is 0 Å². The molecule has 1 aromatic heterocycles. The Morgan fingerprint density at radius 1 is 1.22 bits per heavy atom. The van der Waals surface area contributed by atoms with Gasteiger partial charge < -0.3 is 14.5 Å². The van der Waals surface area contributed by atoms with Crippen LogP contribution in [0, 0.1) is 5.82 Å². The Morgan fingerprint density at radius 2 is 1.96 bits per heavy atom. The van der Waals surface area contributed by atoms with E-state index < -0.39 is 5.76 Å². The third-order valence-electron chi connectivity index (χ3n) is 3.31. The topological polar surface area (TPSA) is 34.4 Å². The zero-order chi connectivity index (χ0) is 16.8. The maximum atomic E-state index is 13.4. The Labute approximate surface area is 137 Å². The van der Waals surface area contributed by atoms with E-state index >= 15 is 0 Å². The maximum absolute atomic E-state index is 13.4. The van der Waals surface area contributed by atoms with Gasteiger partial charge in [0.05, 0.1) is 19.4 Å². The summed E-state index contributed by atoms with van der Waals surface area (Å²) in [6.45, 7) is 2.29. The molecule has 0 saturated carbocycles. The molecule has 23 heavy (non-hydrogen) atoms. The standard InChI is InChI=1S/C16H18F3NO2S/c1-10(14-7-11(17)3-6-15(14)21-2)20-8-12-4-5-13(22-12)9-23-16(18)19/h3-7,10,16,20H,8-9H2,1-2H3. The highest BCUT2D eigenvalue weighted by Gasteiger charge is 2.13. The number of alkyl halides is 2. The van der Waals surface area contributed by atoms with Crippen molar-refractivity contribution < 1.29 is 22.3 Å². The highest BCUT2D eigenvalue weighted by Crippen LogP contribution is 2.26. The van der Waals surface area contributed by atoms with Crippen LogP contribution >= 0.6 is 11.8 Å². The molecule has 0 aliphatic rings. The number of nitrogens with one attached hydrogen (secondary N) is 1. The molecule has 2 rings (SSSR count). The fourth-order valence-electron chi connectivity index (χ4n) is 2.15. The zero-order valence-corrected chi connectivity index (χ0v) is 13.6. The van der Waals surface area contributed by atoms with Gasteiger partial charge in [-0.3, -0.25) is 0 Å². The minimum Gasteiger partial charge on any atom is -0.496 e. The second-order valence-corrected chi connectivity index (χ2v) is 5.91. The Bertz CT molecular complexity index is 634. The van der Waals surface area contributed by atoms with E-state index in [1.807, 2.05) is 6.92 Å². The summed E-state index contributed by atoms with van der Waals surface area (Å²) in [6, 6.07) is 7.60. The third kappa shape index (κ3) is 5.21. The monoisotopic (exact) mass is 345 g/mol. The number of thioether (sulfide) groups is 1. The molecule has 0 radical (unpaired) electrons. The van der Waals surface area contributed by atoms with Crippen molar-refractivity contribution in [1.29, 1.82) is 0 Å². The van der Waals surface area contributed by atoms with Crippen LogP contribution in [0.25, 0.3) is 0 Å². The molecule has 0 fully saturated rings. The maximum Gasteiger partial charge on any atom is 0.284 e. The lowest BCUT2D eigenvalue weighted by molar-refractivity contribution is 0.251. The normalized spacial score (nSPS) is 12.6. The van der Waals surface area contributed by atoms with Crippen LogP contribution in [-0.4, -0.2) is 12.9 Å². The fourth-order valence-corrected chi connectivity index (χ4v) is 2.59. The van der Waals surface area contributed by atoms with Crippen molar-refractivity contribution >= 4 is 11.8 Å². The number of hydrogen-bond donors (Lipinski definition) is 1. The molecule has 1 aromatic carbocycles. The molecule has 7 heteroatoms. The second kappa shape index (κ2) is 8.31. The largest absolute Gasteiger partial charge is 0.496 e. The molecule has 0 aliphatic heterocycles. The minimum atomic E-state index is -2.41. The van der Waals surface area contributed by atoms with E-state index in [1.54, 1.807) is 18.2 Å². The lowest BCUT2D eigenvalue weighted by Crippen LogP contribution is -2.18. The number of methoxy groups -OCH3 is 1. The number of rotatable bonds is 8. The van der Waals surface area contributed by atoms with Crippen molar-refractivity contribution in [2.24, 2.45) is 0 Å². The first kappa shape index (κ1) is 17.7. The summed E-state index contributed by atoms with van der Waals surface area (Å²) in [4.78, 5) is 0. The van der Waals surface area contributed by atoms with Crippen LogP contribution < -0.4 is 10.1 Å². The lowest BCUT2D eigenvalue weighted by Gasteiger charge is -2.16. The highest BCUT2D eigenvalue weighted by atomic mass is 32.2. The van der Waals surface area contributed by atoms with E-state index in [-0.39, 0.29) is 17.6 Å². The molecule has 0 spiro atoms. The SMILES string of the molecule is COc1ccc(F)cc1C(C)NCc1ccc(CSC(F)F)o1. The Balaban J connectivity index is 1.94. The molecule has 0 bridgehead atoms. The van der Waals surface area contributed by atoms with Crippen LogP contribution in [0.3, 0.4) is 0 Å². The van der Waals surface area contributed by atoms with Crippen LogP contribution in [0.15, 0.2) is 34.7 Å². The van der Waals surface area contributed by atoms with Crippen molar-refractivity contribution in [1.82, 2.24) is 5.32 Å². The molecular weight excluding hydrogens is 327 g/mol. The first-order chi connectivity index (χ1) is 11.0. The van der Waals surface area contributed by atoms with Gasteiger partial charge in [0.25, 0.3) is 5.76 Å². The van der Waals surface area contributed by atoms with E-state index in [1.165, 1.54) is 19.2 Å². The number of ether oxygens (including phenoxy) is 1. The summed E-state index contributed by atoms with van der Waals surface area (Å²) in [5, 5.41) is 3.20. The van der Waals surface area contributed by atoms with E-state index in [4.69, 9.17) is 9.15 Å². The quantitative estimate of drug-likeness (QED) is 0.750. The molecule has 1 atom stereocenters. The smallest absolute Gasteiger partial charge is 0.284 e. The predicted octanol–water partition coefficient (Wildman–Crippen LogP) is 4.73. The molecule has 0 amide bonds. The fraction of sp³-hybridized carbons (Fsp3) is 0.375. The van der Waals surface area contributed by atoms with Crippen molar-refractivity contribution in [3.8, 4) is 5.75 Å². The Morgan fingerprint density at radius 3 is 2.65 bits per heavy atom. The number of hydrogen-bond acceptors (Lipinski definition) is 4. The molecule has 3 nitrogen and oxygen atoms in total. The van der Waals surface area contributed by atoms with Crippen LogP contribution in [0.1, 0.15) is 30.0 Å². The van der Waals surface area contributed by atoms with Crippen molar-refractivity contribution in [2.45, 2.75) is 31.0 Å². The zero-order valence-electron chi connectivity index (χ0n) is 12.8. The molecule has 126 valence electrons.